The molecule has 0 saturated carbocycles. The summed E-state index contributed by atoms with van der Waals surface area (Å²) >= 11 is 0. The Balaban J connectivity index is 2.44. The number of alkyl halides is 3. The van der Waals surface area contributed by atoms with Gasteiger partial charge in [0.15, 0.2) is 0 Å². The summed E-state index contributed by atoms with van der Waals surface area (Å²) in [4.78, 5) is 23.3. The van der Waals surface area contributed by atoms with Gasteiger partial charge in [-0.3, -0.25) is 9.59 Å². The summed E-state index contributed by atoms with van der Waals surface area (Å²) in [6.07, 6.45) is -4.97. The summed E-state index contributed by atoms with van der Waals surface area (Å²) in [5.41, 5.74) is 0.848. The fourth-order valence-corrected chi connectivity index (χ4v) is 1.34. The Kier molecular flexibility index (Phi) is 4.91. The standard InChI is InChI=1S/C12H13F3N2O2/c1-17(8-9-5-3-2-4-6-9)10(18)7-16-11(19)12(13,14)15/h2-6H,7-8H2,1H3,(H,16,19). The Hall–Kier alpha value is -2.05. The van der Waals surface area contributed by atoms with Gasteiger partial charge in [0.2, 0.25) is 5.91 Å². The Morgan fingerprint density at radius 2 is 1.79 bits per heavy atom. The van der Waals surface area contributed by atoms with E-state index in [1.165, 1.54) is 17.3 Å². The minimum Gasteiger partial charge on any atom is -0.340 e. The minimum absolute atomic E-state index is 0.265. The van der Waals surface area contributed by atoms with Crippen LogP contribution in [0.2, 0.25) is 0 Å². The van der Waals surface area contributed by atoms with E-state index in [0.717, 1.165) is 5.56 Å². The summed E-state index contributed by atoms with van der Waals surface area (Å²) in [7, 11) is 1.45. The van der Waals surface area contributed by atoms with E-state index in [1.807, 2.05) is 6.07 Å². The molecule has 0 aliphatic carbocycles. The molecule has 0 atom stereocenters. The van der Waals surface area contributed by atoms with Crippen LogP contribution in [0.15, 0.2) is 30.3 Å². The second-order valence-electron chi connectivity index (χ2n) is 3.92. The SMILES string of the molecule is CN(Cc1ccccc1)C(=O)CNC(=O)C(F)(F)F. The van der Waals surface area contributed by atoms with Gasteiger partial charge in [-0.15, -0.1) is 0 Å². The van der Waals surface area contributed by atoms with E-state index in [-0.39, 0.29) is 6.54 Å². The van der Waals surface area contributed by atoms with Gasteiger partial charge in [0.25, 0.3) is 0 Å². The van der Waals surface area contributed by atoms with Crippen LogP contribution in [0, 0.1) is 0 Å². The number of hydrogen-bond acceptors (Lipinski definition) is 2. The predicted molar refractivity (Wildman–Crippen MR) is 62.0 cm³/mol. The summed E-state index contributed by atoms with van der Waals surface area (Å²) in [6.45, 7) is -0.413. The molecule has 0 heterocycles. The molecule has 0 radical (unpaired) electrons. The van der Waals surface area contributed by atoms with Crippen LogP contribution in [0.25, 0.3) is 0 Å². The summed E-state index contributed by atoms with van der Waals surface area (Å²) in [6, 6.07) is 8.98. The van der Waals surface area contributed by atoms with Crippen LogP contribution in [0.1, 0.15) is 5.56 Å². The molecule has 1 N–H and O–H groups in total. The highest BCUT2D eigenvalue weighted by Gasteiger charge is 2.38. The van der Waals surface area contributed by atoms with Crippen LogP contribution in [0.5, 0.6) is 0 Å². The average Bonchev–Trinajstić information content (AvgIpc) is 2.35. The van der Waals surface area contributed by atoms with Crippen LogP contribution in [0.3, 0.4) is 0 Å². The van der Waals surface area contributed by atoms with Gasteiger partial charge in [0.05, 0.1) is 6.54 Å². The zero-order chi connectivity index (χ0) is 14.5. The maximum Gasteiger partial charge on any atom is 0.471 e. The molecule has 7 heteroatoms. The molecule has 4 nitrogen and oxygen atoms in total. The smallest absolute Gasteiger partial charge is 0.340 e. The fraction of sp³-hybridized carbons (Fsp3) is 0.333. The molecule has 0 spiro atoms. The predicted octanol–water partition coefficient (Wildman–Crippen LogP) is 1.32. The number of nitrogens with zero attached hydrogens (tertiary/aromatic N) is 1. The van der Waals surface area contributed by atoms with Gasteiger partial charge in [-0.05, 0) is 5.56 Å². The van der Waals surface area contributed by atoms with E-state index in [1.54, 1.807) is 24.3 Å². The van der Waals surface area contributed by atoms with E-state index in [2.05, 4.69) is 0 Å². The molecule has 0 aromatic heterocycles. The van der Waals surface area contributed by atoms with Crippen molar-refractivity contribution < 1.29 is 22.8 Å². The van der Waals surface area contributed by atoms with Crippen LogP contribution in [-0.4, -0.2) is 36.5 Å². The van der Waals surface area contributed by atoms with E-state index in [4.69, 9.17) is 0 Å². The zero-order valence-electron chi connectivity index (χ0n) is 10.2. The molecule has 1 rings (SSSR count). The molecular weight excluding hydrogens is 261 g/mol. The summed E-state index contributed by atoms with van der Waals surface area (Å²) < 4.78 is 35.7. The highest BCUT2D eigenvalue weighted by molar-refractivity contribution is 5.87. The molecule has 0 aliphatic rings. The minimum atomic E-state index is -4.97. The first-order valence-electron chi connectivity index (χ1n) is 5.43. The molecule has 0 saturated heterocycles. The first-order valence-corrected chi connectivity index (χ1v) is 5.43. The molecule has 2 amide bonds. The van der Waals surface area contributed by atoms with Crippen molar-refractivity contribution in [1.29, 1.82) is 0 Å². The normalized spacial score (nSPS) is 10.9. The van der Waals surface area contributed by atoms with Crippen molar-refractivity contribution in [1.82, 2.24) is 10.2 Å². The second kappa shape index (κ2) is 6.21. The third kappa shape index (κ3) is 4.99. The number of halogens is 3. The van der Waals surface area contributed by atoms with Crippen molar-refractivity contribution in [2.45, 2.75) is 12.7 Å². The zero-order valence-corrected chi connectivity index (χ0v) is 10.2. The highest BCUT2D eigenvalue weighted by atomic mass is 19.4. The lowest BCUT2D eigenvalue weighted by Gasteiger charge is -2.17. The third-order valence-corrected chi connectivity index (χ3v) is 2.35. The number of carbonyl (C=O) groups excluding carboxylic acids is 2. The molecule has 0 fully saturated rings. The number of carbonyl (C=O) groups is 2. The summed E-state index contributed by atoms with van der Waals surface area (Å²) in [5.74, 6) is -2.71. The van der Waals surface area contributed by atoms with Gasteiger partial charge in [-0.1, -0.05) is 30.3 Å². The molecular formula is C12H13F3N2O2. The lowest BCUT2D eigenvalue weighted by molar-refractivity contribution is -0.174. The third-order valence-electron chi connectivity index (χ3n) is 2.35. The van der Waals surface area contributed by atoms with Crippen LogP contribution < -0.4 is 5.32 Å². The molecule has 0 bridgehead atoms. The monoisotopic (exact) mass is 274 g/mol. The highest BCUT2D eigenvalue weighted by Crippen LogP contribution is 2.13. The quantitative estimate of drug-likeness (QED) is 0.900. The summed E-state index contributed by atoms with van der Waals surface area (Å²) in [5, 5.41) is 1.53. The topological polar surface area (TPSA) is 49.4 Å². The Bertz CT molecular complexity index is 446. The largest absolute Gasteiger partial charge is 0.471 e. The molecule has 1 aromatic rings. The van der Waals surface area contributed by atoms with Crippen LogP contribution in [-0.2, 0) is 16.1 Å². The number of likely N-dealkylation sites (N-methyl/N-ethyl adjacent to an activating group) is 1. The lowest BCUT2D eigenvalue weighted by Crippen LogP contribution is -2.43. The number of hydrogen-bond donors (Lipinski definition) is 1. The number of benzene rings is 1. The van der Waals surface area contributed by atoms with Crippen molar-refractivity contribution in [2.24, 2.45) is 0 Å². The maximum absolute atomic E-state index is 11.9. The Morgan fingerprint density at radius 3 is 2.32 bits per heavy atom. The average molecular weight is 274 g/mol. The van der Waals surface area contributed by atoms with E-state index < -0.39 is 24.5 Å². The Morgan fingerprint density at radius 1 is 1.21 bits per heavy atom. The van der Waals surface area contributed by atoms with Crippen molar-refractivity contribution in [3.63, 3.8) is 0 Å². The second-order valence-corrected chi connectivity index (χ2v) is 3.92. The van der Waals surface area contributed by atoms with Crippen LogP contribution >= 0.6 is 0 Å². The van der Waals surface area contributed by atoms with Gasteiger partial charge in [-0.25, -0.2) is 0 Å². The van der Waals surface area contributed by atoms with Crippen molar-refractivity contribution >= 4 is 11.8 Å². The van der Waals surface area contributed by atoms with E-state index >= 15 is 0 Å². The van der Waals surface area contributed by atoms with Crippen molar-refractivity contribution in [2.75, 3.05) is 13.6 Å². The maximum atomic E-state index is 11.9. The van der Waals surface area contributed by atoms with Gasteiger partial charge in [0.1, 0.15) is 0 Å². The van der Waals surface area contributed by atoms with Gasteiger partial charge >= 0.3 is 12.1 Å². The fourth-order valence-electron chi connectivity index (χ4n) is 1.34. The number of amides is 2. The number of nitrogens with one attached hydrogen (secondary N) is 1. The lowest BCUT2D eigenvalue weighted by atomic mass is 10.2. The van der Waals surface area contributed by atoms with Crippen LogP contribution in [0.4, 0.5) is 13.2 Å². The van der Waals surface area contributed by atoms with E-state index in [0.29, 0.717) is 0 Å². The van der Waals surface area contributed by atoms with E-state index in [9.17, 15) is 22.8 Å². The van der Waals surface area contributed by atoms with Gasteiger partial charge < -0.3 is 10.2 Å². The molecule has 1 aromatic carbocycles. The number of rotatable bonds is 4. The molecule has 19 heavy (non-hydrogen) atoms. The first kappa shape index (κ1) is 15.0. The molecule has 104 valence electrons. The molecule has 0 unspecified atom stereocenters. The van der Waals surface area contributed by atoms with Crippen molar-refractivity contribution in [3.8, 4) is 0 Å². The first-order chi connectivity index (χ1) is 8.80. The Labute approximate surface area is 108 Å². The van der Waals surface area contributed by atoms with Crippen molar-refractivity contribution in [3.05, 3.63) is 35.9 Å². The van der Waals surface area contributed by atoms with Gasteiger partial charge in [-0.2, -0.15) is 13.2 Å². The molecule has 0 aliphatic heterocycles. The van der Waals surface area contributed by atoms with Gasteiger partial charge in [0, 0.05) is 13.6 Å².